The van der Waals surface area contributed by atoms with Gasteiger partial charge in [0.25, 0.3) is 5.91 Å². The Bertz CT molecular complexity index is 1710. The van der Waals surface area contributed by atoms with Crippen molar-refractivity contribution in [1.29, 1.82) is 5.26 Å². The van der Waals surface area contributed by atoms with Crippen molar-refractivity contribution in [2.75, 3.05) is 26.3 Å². The average molecular weight is 613 g/mol. The van der Waals surface area contributed by atoms with Gasteiger partial charge in [-0.3, -0.25) is 9.59 Å². The smallest absolute Gasteiger partial charge is 0.287 e. The van der Waals surface area contributed by atoms with Crippen molar-refractivity contribution in [1.82, 2.24) is 14.9 Å². The van der Waals surface area contributed by atoms with E-state index in [0.29, 0.717) is 50.1 Å². The third kappa shape index (κ3) is 5.74. The summed E-state index contributed by atoms with van der Waals surface area (Å²) in [6.07, 6.45) is -0.768. The zero-order valence-corrected chi connectivity index (χ0v) is 24.0. The number of morpholine rings is 1. The van der Waals surface area contributed by atoms with Gasteiger partial charge in [0.05, 0.1) is 24.2 Å². The Balaban J connectivity index is 1.21. The van der Waals surface area contributed by atoms with Gasteiger partial charge in [0.2, 0.25) is 21.9 Å². The Morgan fingerprint density at radius 1 is 0.884 bits per heavy atom. The number of fused-ring (bicyclic) bond motifs is 1. The Labute approximate surface area is 247 Å². The van der Waals surface area contributed by atoms with Crippen LogP contribution in [0.2, 0.25) is 0 Å². The van der Waals surface area contributed by atoms with E-state index in [4.69, 9.17) is 9.15 Å². The quantitative estimate of drug-likeness (QED) is 0.411. The van der Waals surface area contributed by atoms with Crippen molar-refractivity contribution in [3.8, 4) is 17.2 Å². The molecule has 0 radical (unpaired) electrons. The van der Waals surface area contributed by atoms with Crippen molar-refractivity contribution in [3.05, 3.63) is 54.3 Å². The lowest BCUT2D eigenvalue weighted by Crippen LogP contribution is -2.62. The van der Waals surface area contributed by atoms with Crippen LogP contribution < -0.4 is 10.6 Å². The number of rotatable bonds is 7. The molecule has 0 atom stereocenters. The van der Waals surface area contributed by atoms with Gasteiger partial charge in [0.1, 0.15) is 16.7 Å². The molecule has 3 aliphatic rings. The van der Waals surface area contributed by atoms with Crippen molar-refractivity contribution >= 4 is 32.8 Å². The molecule has 2 N–H and O–H groups in total. The molecule has 2 aromatic carbocycles. The normalized spacial score (nSPS) is 21.0. The van der Waals surface area contributed by atoms with E-state index in [9.17, 15) is 32.0 Å². The molecule has 2 aliphatic carbocycles. The summed E-state index contributed by atoms with van der Waals surface area (Å²) in [5.74, 6) is -4.41. The fourth-order valence-electron chi connectivity index (χ4n) is 5.54. The Kier molecular flexibility index (Phi) is 7.27. The number of furan rings is 1. The number of hydrogen-bond donors (Lipinski definition) is 2. The van der Waals surface area contributed by atoms with Crippen LogP contribution in [0.1, 0.15) is 49.1 Å². The minimum atomic E-state index is -3.64. The summed E-state index contributed by atoms with van der Waals surface area (Å²) in [5.41, 5.74) is -0.785. The molecule has 1 aromatic heterocycles. The zero-order valence-electron chi connectivity index (χ0n) is 23.2. The van der Waals surface area contributed by atoms with Gasteiger partial charge in [-0.15, -0.1) is 0 Å². The van der Waals surface area contributed by atoms with E-state index in [1.54, 1.807) is 42.5 Å². The first-order valence-corrected chi connectivity index (χ1v) is 15.5. The topological polar surface area (TPSA) is 142 Å². The summed E-state index contributed by atoms with van der Waals surface area (Å²) >= 11 is 0. The number of benzene rings is 2. The van der Waals surface area contributed by atoms with Gasteiger partial charge < -0.3 is 19.8 Å². The van der Waals surface area contributed by atoms with Crippen LogP contribution in [0.5, 0.6) is 0 Å². The van der Waals surface area contributed by atoms with Crippen molar-refractivity contribution in [2.45, 2.75) is 60.4 Å². The van der Waals surface area contributed by atoms with Crippen molar-refractivity contribution in [2.24, 2.45) is 0 Å². The van der Waals surface area contributed by atoms with Crippen LogP contribution >= 0.6 is 0 Å². The average Bonchev–Trinajstić information content (AvgIpc) is 3.65. The SMILES string of the molecule is N#CC1(NC(=O)C2(NC(=O)c3cc4ccc(-c5ccc(S(=O)(=O)N6CCOCC6)cc5)cc4o3)CCC(F)(F)CC2)CC1. The summed E-state index contributed by atoms with van der Waals surface area (Å²) in [7, 11) is -3.64. The third-order valence-corrected chi connectivity index (χ3v) is 10.4. The molecule has 0 bridgehead atoms. The molecule has 43 heavy (non-hydrogen) atoms. The fraction of sp³-hybridized carbons (Fsp3) is 0.433. The van der Waals surface area contributed by atoms with Crippen molar-refractivity contribution < 1.29 is 35.9 Å². The molecule has 1 saturated heterocycles. The van der Waals surface area contributed by atoms with Gasteiger partial charge in [-0.1, -0.05) is 24.3 Å². The molecule has 2 amide bonds. The molecule has 0 spiro atoms. The van der Waals surface area contributed by atoms with Gasteiger partial charge in [-0.2, -0.15) is 9.57 Å². The zero-order chi connectivity index (χ0) is 30.5. The molecule has 0 unspecified atom stereocenters. The third-order valence-electron chi connectivity index (χ3n) is 8.48. The van der Waals surface area contributed by atoms with Gasteiger partial charge in [0.15, 0.2) is 5.76 Å². The van der Waals surface area contributed by atoms with E-state index in [1.165, 1.54) is 10.4 Å². The predicted molar refractivity (Wildman–Crippen MR) is 151 cm³/mol. The second-order valence-corrected chi connectivity index (χ2v) is 13.4. The first-order chi connectivity index (χ1) is 20.4. The molecule has 3 fully saturated rings. The molecule has 3 aromatic rings. The number of carbonyl (C=O) groups is 2. The summed E-state index contributed by atoms with van der Waals surface area (Å²) < 4.78 is 66.4. The van der Waals surface area contributed by atoms with Crippen LogP contribution in [-0.4, -0.2) is 67.8 Å². The molecular formula is C30H30F2N4O6S. The summed E-state index contributed by atoms with van der Waals surface area (Å²) in [4.78, 5) is 26.8. The van der Waals surface area contributed by atoms with Gasteiger partial charge in [0, 0.05) is 31.3 Å². The molecule has 6 rings (SSSR count). The fourth-order valence-corrected chi connectivity index (χ4v) is 6.94. The molecule has 226 valence electrons. The first-order valence-electron chi connectivity index (χ1n) is 14.1. The van der Waals surface area contributed by atoms with E-state index < -0.39 is 51.7 Å². The first kappa shape index (κ1) is 29.2. The molecule has 2 saturated carbocycles. The molecule has 1 aliphatic heterocycles. The van der Waals surface area contributed by atoms with E-state index in [2.05, 4.69) is 16.7 Å². The van der Waals surface area contributed by atoms with Crippen LogP contribution in [0.3, 0.4) is 0 Å². The highest BCUT2D eigenvalue weighted by molar-refractivity contribution is 7.89. The van der Waals surface area contributed by atoms with E-state index in [1.807, 2.05) is 0 Å². The lowest BCUT2D eigenvalue weighted by atomic mass is 9.78. The predicted octanol–water partition coefficient (Wildman–Crippen LogP) is 3.97. The largest absolute Gasteiger partial charge is 0.451 e. The minimum absolute atomic E-state index is 0.0926. The maximum absolute atomic E-state index is 14.0. The standard InChI is InChI=1S/C30H30F2N4O6S/c31-30(32)11-9-29(10-12-30,27(38)35-28(19-33)7-8-28)34-26(37)25-18-22-2-1-21(17-24(22)42-25)20-3-5-23(6-4-20)43(39,40)36-13-15-41-16-14-36/h1-6,17-18H,7-16H2,(H,34,37)(H,35,38). The number of amides is 2. The number of nitrogens with one attached hydrogen (secondary N) is 2. The monoisotopic (exact) mass is 612 g/mol. The van der Waals surface area contributed by atoms with Crippen LogP contribution in [0.4, 0.5) is 8.78 Å². The van der Waals surface area contributed by atoms with Crippen LogP contribution in [0, 0.1) is 11.3 Å². The number of hydrogen-bond acceptors (Lipinski definition) is 7. The summed E-state index contributed by atoms with van der Waals surface area (Å²) in [6.45, 7) is 1.31. The Morgan fingerprint density at radius 2 is 1.53 bits per heavy atom. The maximum Gasteiger partial charge on any atom is 0.287 e. The van der Waals surface area contributed by atoms with E-state index >= 15 is 0 Å². The molecule has 2 heterocycles. The van der Waals surface area contributed by atoms with Crippen molar-refractivity contribution in [3.63, 3.8) is 0 Å². The van der Waals surface area contributed by atoms with Crippen LogP contribution in [0.15, 0.2) is 57.8 Å². The second kappa shape index (κ2) is 10.7. The summed E-state index contributed by atoms with van der Waals surface area (Å²) in [6, 6.07) is 15.3. The van der Waals surface area contributed by atoms with Crippen LogP contribution in [-0.2, 0) is 19.6 Å². The highest BCUT2D eigenvalue weighted by Gasteiger charge is 2.53. The molecule has 10 nitrogen and oxygen atoms in total. The molecule has 13 heteroatoms. The number of nitrogens with zero attached hydrogens (tertiary/aromatic N) is 2. The Hall–Kier alpha value is -3.86. The number of alkyl halides is 2. The van der Waals surface area contributed by atoms with Gasteiger partial charge >= 0.3 is 0 Å². The second-order valence-electron chi connectivity index (χ2n) is 11.4. The number of halogens is 2. The lowest BCUT2D eigenvalue weighted by Gasteiger charge is -2.39. The van der Waals surface area contributed by atoms with E-state index in [0.717, 1.165) is 11.1 Å². The summed E-state index contributed by atoms with van der Waals surface area (Å²) in [5, 5.41) is 15.3. The highest BCUT2D eigenvalue weighted by Crippen LogP contribution is 2.41. The lowest BCUT2D eigenvalue weighted by molar-refractivity contribution is -0.133. The van der Waals surface area contributed by atoms with Crippen LogP contribution in [0.25, 0.3) is 22.1 Å². The molecular weight excluding hydrogens is 582 g/mol. The Morgan fingerprint density at radius 3 is 2.16 bits per heavy atom. The van der Waals surface area contributed by atoms with Gasteiger partial charge in [-0.05, 0) is 61.1 Å². The number of ether oxygens (including phenoxy) is 1. The highest BCUT2D eigenvalue weighted by atomic mass is 32.2. The number of nitriles is 1. The van der Waals surface area contributed by atoms with Gasteiger partial charge in [-0.25, -0.2) is 17.2 Å². The number of carbonyl (C=O) groups excluding carboxylic acids is 2. The van der Waals surface area contributed by atoms with E-state index in [-0.39, 0.29) is 23.5 Å². The maximum atomic E-state index is 14.0. The minimum Gasteiger partial charge on any atom is -0.451 e. The number of sulfonamides is 1.